The summed E-state index contributed by atoms with van der Waals surface area (Å²) in [7, 11) is -3.60. The van der Waals surface area contributed by atoms with Crippen LogP contribution in [0.2, 0.25) is 0 Å². The lowest BCUT2D eigenvalue weighted by atomic mass is 9.92. The normalized spacial score (nSPS) is 13.9. The zero-order valence-corrected chi connectivity index (χ0v) is 15.7. The molecule has 0 radical (unpaired) electrons. The third kappa shape index (κ3) is 4.51. The SMILES string of the molecule is Cc1ccccc1NC(=O)CCNS(=O)(=O)c1ccc2c(c1)CCCC2. The highest BCUT2D eigenvalue weighted by Gasteiger charge is 2.17. The lowest BCUT2D eigenvalue weighted by molar-refractivity contribution is -0.116. The maximum absolute atomic E-state index is 12.5. The predicted molar refractivity (Wildman–Crippen MR) is 103 cm³/mol. The van der Waals surface area contributed by atoms with Crippen LogP contribution in [0.3, 0.4) is 0 Å². The Balaban J connectivity index is 1.57. The van der Waals surface area contributed by atoms with E-state index in [1.807, 2.05) is 37.3 Å². The molecular weight excluding hydrogens is 348 g/mol. The highest BCUT2D eigenvalue weighted by atomic mass is 32.2. The van der Waals surface area contributed by atoms with Gasteiger partial charge in [-0.3, -0.25) is 4.79 Å². The molecule has 0 spiro atoms. The maximum atomic E-state index is 12.5. The number of hydrogen-bond donors (Lipinski definition) is 2. The van der Waals surface area contributed by atoms with Gasteiger partial charge in [-0.1, -0.05) is 24.3 Å². The molecule has 138 valence electrons. The van der Waals surface area contributed by atoms with Crippen molar-refractivity contribution >= 4 is 21.6 Å². The number of hydrogen-bond acceptors (Lipinski definition) is 3. The molecule has 2 aromatic carbocycles. The topological polar surface area (TPSA) is 75.3 Å². The minimum atomic E-state index is -3.60. The molecule has 0 aromatic heterocycles. The number of para-hydroxylation sites is 1. The predicted octanol–water partition coefficient (Wildman–Crippen LogP) is 3.18. The van der Waals surface area contributed by atoms with E-state index in [0.29, 0.717) is 0 Å². The molecule has 6 heteroatoms. The Morgan fingerprint density at radius 2 is 1.77 bits per heavy atom. The van der Waals surface area contributed by atoms with Gasteiger partial charge >= 0.3 is 0 Å². The van der Waals surface area contributed by atoms with Crippen molar-refractivity contribution in [2.24, 2.45) is 0 Å². The van der Waals surface area contributed by atoms with Crippen molar-refractivity contribution < 1.29 is 13.2 Å². The van der Waals surface area contributed by atoms with Gasteiger partial charge in [0.15, 0.2) is 0 Å². The summed E-state index contributed by atoms with van der Waals surface area (Å²) in [5, 5.41) is 2.80. The van der Waals surface area contributed by atoms with Gasteiger partial charge < -0.3 is 5.32 Å². The number of nitrogens with one attached hydrogen (secondary N) is 2. The van der Waals surface area contributed by atoms with Gasteiger partial charge in [0.25, 0.3) is 0 Å². The number of amides is 1. The Hall–Kier alpha value is -2.18. The van der Waals surface area contributed by atoms with E-state index in [0.717, 1.165) is 42.5 Å². The first-order chi connectivity index (χ1) is 12.5. The zero-order chi connectivity index (χ0) is 18.6. The monoisotopic (exact) mass is 372 g/mol. The number of aryl methyl sites for hydroxylation is 3. The number of anilines is 1. The summed E-state index contributed by atoms with van der Waals surface area (Å²) in [4.78, 5) is 12.3. The van der Waals surface area contributed by atoms with E-state index in [1.54, 1.807) is 12.1 Å². The fourth-order valence-electron chi connectivity index (χ4n) is 3.19. The third-order valence-electron chi connectivity index (χ3n) is 4.69. The van der Waals surface area contributed by atoms with Crippen LogP contribution in [0.15, 0.2) is 47.4 Å². The second kappa shape index (κ2) is 8.01. The molecule has 26 heavy (non-hydrogen) atoms. The van der Waals surface area contributed by atoms with Gasteiger partial charge in [0.2, 0.25) is 15.9 Å². The zero-order valence-electron chi connectivity index (χ0n) is 14.9. The molecule has 3 rings (SSSR count). The fraction of sp³-hybridized carbons (Fsp3) is 0.350. The van der Waals surface area contributed by atoms with Crippen LogP contribution in [0.25, 0.3) is 0 Å². The van der Waals surface area contributed by atoms with Crippen LogP contribution in [-0.2, 0) is 27.7 Å². The van der Waals surface area contributed by atoms with E-state index in [-0.39, 0.29) is 23.8 Å². The number of fused-ring (bicyclic) bond motifs is 1. The number of carbonyl (C=O) groups is 1. The first-order valence-corrected chi connectivity index (χ1v) is 10.4. The molecule has 2 N–H and O–H groups in total. The largest absolute Gasteiger partial charge is 0.326 e. The van der Waals surface area contributed by atoms with Gasteiger partial charge in [0.1, 0.15) is 0 Å². The Bertz CT molecular complexity index is 907. The van der Waals surface area contributed by atoms with Gasteiger partial charge in [-0.2, -0.15) is 0 Å². The summed E-state index contributed by atoms with van der Waals surface area (Å²) in [5.74, 6) is -0.215. The molecule has 2 aromatic rings. The van der Waals surface area contributed by atoms with E-state index < -0.39 is 10.0 Å². The van der Waals surface area contributed by atoms with Crippen LogP contribution >= 0.6 is 0 Å². The Morgan fingerprint density at radius 1 is 1.04 bits per heavy atom. The van der Waals surface area contributed by atoms with Crippen molar-refractivity contribution in [2.75, 3.05) is 11.9 Å². The molecule has 0 saturated heterocycles. The van der Waals surface area contributed by atoms with Crippen molar-refractivity contribution in [1.82, 2.24) is 4.72 Å². The van der Waals surface area contributed by atoms with Crippen LogP contribution in [0, 0.1) is 6.92 Å². The average Bonchev–Trinajstić information content (AvgIpc) is 2.63. The second-order valence-electron chi connectivity index (χ2n) is 6.65. The molecule has 0 atom stereocenters. The average molecular weight is 372 g/mol. The van der Waals surface area contributed by atoms with Crippen LogP contribution in [0.1, 0.15) is 36.0 Å². The first kappa shape index (κ1) is 18.6. The molecule has 1 aliphatic carbocycles. The minimum Gasteiger partial charge on any atom is -0.326 e. The van der Waals surface area contributed by atoms with Crippen molar-refractivity contribution in [3.05, 3.63) is 59.2 Å². The molecule has 0 heterocycles. The van der Waals surface area contributed by atoms with Crippen molar-refractivity contribution in [3.63, 3.8) is 0 Å². The molecule has 0 unspecified atom stereocenters. The molecule has 1 aliphatic rings. The highest BCUT2D eigenvalue weighted by molar-refractivity contribution is 7.89. The van der Waals surface area contributed by atoms with Crippen molar-refractivity contribution in [1.29, 1.82) is 0 Å². The van der Waals surface area contributed by atoms with E-state index in [4.69, 9.17) is 0 Å². The summed E-state index contributed by atoms with van der Waals surface area (Å²) < 4.78 is 27.5. The van der Waals surface area contributed by atoms with E-state index in [2.05, 4.69) is 10.0 Å². The summed E-state index contributed by atoms with van der Waals surface area (Å²) in [6.45, 7) is 1.98. The molecule has 0 saturated carbocycles. The van der Waals surface area contributed by atoms with Crippen molar-refractivity contribution in [2.45, 2.75) is 43.9 Å². The molecule has 0 aliphatic heterocycles. The number of carbonyl (C=O) groups excluding carboxylic acids is 1. The van der Waals surface area contributed by atoms with Gasteiger partial charge in [-0.15, -0.1) is 0 Å². The molecule has 0 bridgehead atoms. The minimum absolute atomic E-state index is 0.0666. The Labute approximate surface area is 154 Å². The summed E-state index contributed by atoms with van der Waals surface area (Å²) in [6.07, 6.45) is 4.29. The molecular formula is C20H24N2O3S. The van der Waals surface area contributed by atoms with E-state index in [9.17, 15) is 13.2 Å². The highest BCUT2D eigenvalue weighted by Crippen LogP contribution is 2.24. The fourth-order valence-corrected chi connectivity index (χ4v) is 4.27. The lowest BCUT2D eigenvalue weighted by Crippen LogP contribution is -2.28. The van der Waals surface area contributed by atoms with E-state index in [1.165, 1.54) is 5.56 Å². The first-order valence-electron chi connectivity index (χ1n) is 8.93. The maximum Gasteiger partial charge on any atom is 0.240 e. The number of sulfonamides is 1. The number of benzene rings is 2. The van der Waals surface area contributed by atoms with Gasteiger partial charge in [0, 0.05) is 18.7 Å². The van der Waals surface area contributed by atoms with Crippen LogP contribution in [0.5, 0.6) is 0 Å². The summed E-state index contributed by atoms with van der Waals surface area (Å²) >= 11 is 0. The van der Waals surface area contributed by atoms with Gasteiger partial charge in [0.05, 0.1) is 4.90 Å². The number of rotatable bonds is 6. The van der Waals surface area contributed by atoms with Crippen LogP contribution < -0.4 is 10.0 Å². The third-order valence-corrected chi connectivity index (χ3v) is 6.15. The Kier molecular flexibility index (Phi) is 5.74. The smallest absolute Gasteiger partial charge is 0.240 e. The van der Waals surface area contributed by atoms with Crippen molar-refractivity contribution in [3.8, 4) is 0 Å². The summed E-state index contributed by atoms with van der Waals surface area (Å²) in [5.41, 5.74) is 4.08. The van der Waals surface area contributed by atoms with Crippen LogP contribution in [0.4, 0.5) is 5.69 Å². The Morgan fingerprint density at radius 3 is 2.54 bits per heavy atom. The molecule has 0 fully saturated rings. The molecule has 5 nitrogen and oxygen atoms in total. The second-order valence-corrected chi connectivity index (χ2v) is 8.42. The molecule has 1 amide bonds. The lowest BCUT2D eigenvalue weighted by Gasteiger charge is -2.16. The quantitative estimate of drug-likeness (QED) is 0.818. The van der Waals surface area contributed by atoms with Gasteiger partial charge in [-0.05, 0) is 67.5 Å². The van der Waals surface area contributed by atoms with Gasteiger partial charge in [-0.25, -0.2) is 13.1 Å². The standard InChI is InChI=1S/C20H24N2O3S/c1-15-6-2-5-9-19(15)22-20(23)12-13-21-26(24,25)18-11-10-16-7-3-4-8-17(16)14-18/h2,5-6,9-11,14,21H,3-4,7-8,12-13H2,1H3,(H,22,23). The van der Waals surface area contributed by atoms with Crippen LogP contribution in [-0.4, -0.2) is 20.9 Å². The summed E-state index contributed by atoms with van der Waals surface area (Å²) in [6, 6.07) is 12.8. The van der Waals surface area contributed by atoms with E-state index >= 15 is 0 Å².